The number of pyridine rings is 2. The summed E-state index contributed by atoms with van der Waals surface area (Å²) in [5.41, 5.74) is 3.04. The van der Waals surface area contributed by atoms with E-state index in [0.29, 0.717) is 11.9 Å². The Morgan fingerprint density at radius 2 is 1.97 bits per heavy atom. The SMILES string of the molecule is CNc1cc2c(cn1)c(-c1cnn(C)c1)nn2C1CCC(Oc2ccccn2)CC1. The lowest BCUT2D eigenvalue weighted by molar-refractivity contribution is 0.126. The Balaban J connectivity index is 1.42. The van der Waals surface area contributed by atoms with Crippen LogP contribution in [0.2, 0.25) is 0 Å². The molecule has 0 bridgehead atoms. The van der Waals surface area contributed by atoms with Crippen LogP contribution in [-0.4, -0.2) is 42.7 Å². The Hall–Kier alpha value is -3.42. The molecule has 5 rings (SSSR count). The van der Waals surface area contributed by atoms with Crippen LogP contribution in [0.25, 0.3) is 22.2 Å². The predicted octanol–water partition coefficient (Wildman–Crippen LogP) is 3.83. The summed E-state index contributed by atoms with van der Waals surface area (Å²) < 4.78 is 10.0. The molecule has 30 heavy (non-hydrogen) atoms. The Morgan fingerprint density at radius 3 is 2.67 bits per heavy atom. The number of fused-ring (bicyclic) bond motifs is 1. The van der Waals surface area contributed by atoms with Crippen LogP contribution in [0.5, 0.6) is 5.88 Å². The molecule has 0 aromatic carbocycles. The maximum atomic E-state index is 6.07. The second-order valence-electron chi connectivity index (χ2n) is 7.75. The van der Waals surface area contributed by atoms with E-state index in [2.05, 4.69) is 31.1 Å². The van der Waals surface area contributed by atoms with Crippen LogP contribution in [0.4, 0.5) is 5.82 Å². The van der Waals surface area contributed by atoms with E-state index in [9.17, 15) is 0 Å². The fourth-order valence-corrected chi connectivity index (χ4v) is 4.20. The van der Waals surface area contributed by atoms with Crippen molar-refractivity contribution in [3.05, 3.63) is 49.1 Å². The first-order valence-electron chi connectivity index (χ1n) is 10.3. The molecule has 1 aliphatic carbocycles. The average molecular weight is 403 g/mol. The first kappa shape index (κ1) is 18.6. The highest BCUT2D eigenvalue weighted by Gasteiger charge is 2.27. The van der Waals surface area contributed by atoms with Crippen molar-refractivity contribution in [3.63, 3.8) is 0 Å². The van der Waals surface area contributed by atoms with Crippen LogP contribution in [0.1, 0.15) is 31.7 Å². The summed E-state index contributed by atoms with van der Waals surface area (Å²) in [4.78, 5) is 8.80. The number of aryl methyl sites for hydroxylation is 1. The molecule has 154 valence electrons. The Bertz CT molecular complexity index is 1140. The van der Waals surface area contributed by atoms with Crippen LogP contribution in [0.3, 0.4) is 0 Å². The van der Waals surface area contributed by atoms with E-state index in [-0.39, 0.29) is 6.10 Å². The smallest absolute Gasteiger partial charge is 0.213 e. The molecule has 0 spiro atoms. The van der Waals surface area contributed by atoms with Gasteiger partial charge in [-0.1, -0.05) is 6.07 Å². The molecule has 4 heterocycles. The van der Waals surface area contributed by atoms with Gasteiger partial charge in [-0.15, -0.1) is 0 Å². The van der Waals surface area contributed by atoms with Gasteiger partial charge in [0.25, 0.3) is 0 Å². The Labute approximate surface area is 174 Å². The molecule has 1 aliphatic rings. The minimum Gasteiger partial charge on any atom is -0.474 e. The second kappa shape index (κ2) is 7.78. The van der Waals surface area contributed by atoms with Gasteiger partial charge in [0, 0.05) is 55.8 Å². The van der Waals surface area contributed by atoms with Crippen LogP contribution >= 0.6 is 0 Å². The van der Waals surface area contributed by atoms with Gasteiger partial charge in [0.1, 0.15) is 17.6 Å². The van der Waals surface area contributed by atoms with Crippen molar-refractivity contribution >= 4 is 16.7 Å². The standard InChI is InChI=1S/C22H25N7O/c1-23-20-11-19-18(13-25-20)22(15-12-26-28(2)14-15)27-29(19)16-6-8-17(9-7-16)30-21-5-3-4-10-24-21/h3-5,10-14,16-17H,6-9H2,1-2H3,(H,23,25). The third-order valence-corrected chi connectivity index (χ3v) is 5.74. The minimum atomic E-state index is 0.199. The lowest BCUT2D eigenvalue weighted by Crippen LogP contribution is -2.26. The van der Waals surface area contributed by atoms with Gasteiger partial charge in [-0.3, -0.25) is 9.36 Å². The largest absolute Gasteiger partial charge is 0.474 e. The quantitative estimate of drug-likeness (QED) is 0.545. The number of nitrogens with one attached hydrogen (secondary N) is 1. The molecule has 8 heteroatoms. The zero-order valence-corrected chi connectivity index (χ0v) is 17.2. The summed E-state index contributed by atoms with van der Waals surface area (Å²) in [6, 6.07) is 8.18. The highest BCUT2D eigenvalue weighted by atomic mass is 16.5. The summed E-state index contributed by atoms with van der Waals surface area (Å²) in [6.45, 7) is 0. The van der Waals surface area contributed by atoms with Crippen LogP contribution < -0.4 is 10.1 Å². The molecule has 0 saturated heterocycles. The van der Waals surface area contributed by atoms with Crippen molar-refractivity contribution in [2.75, 3.05) is 12.4 Å². The molecule has 0 radical (unpaired) electrons. The molecule has 0 aliphatic heterocycles. The van der Waals surface area contributed by atoms with Crippen LogP contribution in [-0.2, 0) is 7.05 Å². The summed E-state index contributed by atoms with van der Waals surface area (Å²) in [5, 5.41) is 13.5. The van der Waals surface area contributed by atoms with Gasteiger partial charge >= 0.3 is 0 Å². The van der Waals surface area contributed by atoms with E-state index in [4.69, 9.17) is 9.84 Å². The first-order valence-corrected chi connectivity index (χ1v) is 10.3. The molecule has 0 amide bonds. The van der Waals surface area contributed by atoms with E-state index in [1.807, 2.05) is 50.9 Å². The highest BCUT2D eigenvalue weighted by Crippen LogP contribution is 2.36. The predicted molar refractivity (Wildman–Crippen MR) is 115 cm³/mol. The van der Waals surface area contributed by atoms with Gasteiger partial charge in [0.05, 0.1) is 17.8 Å². The average Bonchev–Trinajstić information content (AvgIpc) is 3.38. The molecule has 8 nitrogen and oxygen atoms in total. The third-order valence-electron chi connectivity index (χ3n) is 5.74. The van der Waals surface area contributed by atoms with Crippen LogP contribution in [0, 0.1) is 0 Å². The van der Waals surface area contributed by atoms with Crippen molar-refractivity contribution in [1.82, 2.24) is 29.5 Å². The maximum Gasteiger partial charge on any atom is 0.213 e. The fourth-order valence-electron chi connectivity index (χ4n) is 4.20. The molecule has 0 unspecified atom stereocenters. The molecular formula is C22H25N7O. The highest BCUT2D eigenvalue weighted by molar-refractivity contribution is 5.93. The van der Waals surface area contributed by atoms with Crippen LogP contribution in [0.15, 0.2) is 49.1 Å². The zero-order valence-electron chi connectivity index (χ0n) is 17.2. The topological polar surface area (TPSA) is 82.7 Å². The molecule has 0 atom stereocenters. The normalized spacial score (nSPS) is 19.1. The summed E-state index contributed by atoms with van der Waals surface area (Å²) in [6.07, 6.45) is 11.7. The third kappa shape index (κ3) is 3.49. The fraction of sp³-hybridized carbons (Fsp3) is 0.364. The number of hydrogen-bond donors (Lipinski definition) is 1. The summed E-state index contributed by atoms with van der Waals surface area (Å²) in [5.74, 6) is 1.54. The number of nitrogens with zero attached hydrogens (tertiary/aromatic N) is 6. The van der Waals surface area contributed by atoms with Gasteiger partial charge < -0.3 is 10.1 Å². The lowest BCUT2D eigenvalue weighted by Gasteiger charge is -2.29. The van der Waals surface area contributed by atoms with E-state index in [1.165, 1.54) is 0 Å². The first-order chi connectivity index (χ1) is 14.7. The number of ether oxygens (including phenoxy) is 1. The summed E-state index contributed by atoms with van der Waals surface area (Å²) >= 11 is 0. The second-order valence-corrected chi connectivity index (χ2v) is 7.75. The monoisotopic (exact) mass is 403 g/mol. The van der Waals surface area contributed by atoms with Gasteiger partial charge in [0.15, 0.2) is 0 Å². The molecule has 4 aromatic heterocycles. The van der Waals surface area contributed by atoms with Crippen molar-refractivity contribution in [3.8, 4) is 17.1 Å². The minimum absolute atomic E-state index is 0.199. The molecular weight excluding hydrogens is 378 g/mol. The Kier molecular flexibility index (Phi) is 4.82. The van der Waals surface area contributed by atoms with Gasteiger partial charge in [-0.05, 0) is 31.7 Å². The van der Waals surface area contributed by atoms with E-state index in [0.717, 1.165) is 53.7 Å². The number of aromatic nitrogens is 6. The van der Waals surface area contributed by atoms with Crippen molar-refractivity contribution in [2.24, 2.45) is 7.05 Å². The van der Waals surface area contributed by atoms with Crippen molar-refractivity contribution in [1.29, 1.82) is 0 Å². The number of anilines is 1. The molecule has 4 aromatic rings. The van der Waals surface area contributed by atoms with E-state index in [1.54, 1.807) is 10.9 Å². The van der Waals surface area contributed by atoms with Crippen molar-refractivity contribution < 1.29 is 4.74 Å². The Morgan fingerprint density at radius 1 is 1.10 bits per heavy atom. The van der Waals surface area contributed by atoms with Crippen molar-refractivity contribution in [2.45, 2.75) is 37.8 Å². The number of hydrogen-bond acceptors (Lipinski definition) is 6. The van der Waals surface area contributed by atoms with Gasteiger partial charge in [0.2, 0.25) is 5.88 Å². The maximum absolute atomic E-state index is 6.07. The molecule has 1 saturated carbocycles. The number of rotatable bonds is 5. The van der Waals surface area contributed by atoms with E-state index >= 15 is 0 Å². The lowest BCUT2D eigenvalue weighted by atomic mass is 9.93. The summed E-state index contributed by atoms with van der Waals surface area (Å²) in [7, 11) is 3.81. The van der Waals surface area contributed by atoms with Gasteiger partial charge in [-0.25, -0.2) is 9.97 Å². The van der Waals surface area contributed by atoms with Gasteiger partial charge in [-0.2, -0.15) is 10.2 Å². The zero-order chi connectivity index (χ0) is 20.5. The van der Waals surface area contributed by atoms with E-state index < -0.39 is 0 Å². The molecule has 1 fully saturated rings. The molecule has 1 N–H and O–H groups in total.